The average molecular weight is 350 g/mol. The summed E-state index contributed by atoms with van der Waals surface area (Å²) in [6.07, 6.45) is 8.02. The third-order valence-corrected chi connectivity index (χ3v) is 4.95. The smallest absolute Gasteiger partial charge is 0.242 e. The molecule has 0 fully saturated rings. The molecule has 2 aromatic rings. The predicted molar refractivity (Wildman–Crippen MR) is 92.0 cm³/mol. The number of sulfonamides is 1. The van der Waals surface area contributed by atoms with E-state index in [-0.39, 0.29) is 16.5 Å². The summed E-state index contributed by atoms with van der Waals surface area (Å²) in [5, 5.41) is 2.54. The van der Waals surface area contributed by atoms with Gasteiger partial charge in [-0.15, -0.1) is 0 Å². The van der Waals surface area contributed by atoms with E-state index in [0.29, 0.717) is 6.54 Å². The lowest BCUT2D eigenvalue weighted by atomic mass is 10.2. The van der Waals surface area contributed by atoms with Crippen molar-refractivity contribution in [3.63, 3.8) is 0 Å². The number of hydrogen-bond donors (Lipinski definition) is 2. The number of aryl methyl sites for hydroxylation is 1. The van der Waals surface area contributed by atoms with Crippen LogP contribution in [0.15, 0.2) is 47.9 Å². The molecule has 0 atom stereocenters. The molecule has 24 heavy (non-hydrogen) atoms. The van der Waals surface area contributed by atoms with Gasteiger partial charge in [-0.2, -0.15) is 0 Å². The van der Waals surface area contributed by atoms with Gasteiger partial charge in [0, 0.05) is 32.4 Å². The Hall–Kier alpha value is -2.19. The number of rotatable bonds is 9. The summed E-state index contributed by atoms with van der Waals surface area (Å²) in [6.45, 7) is 2.58. The van der Waals surface area contributed by atoms with Gasteiger partial charge in [-0.3, -0.25) is 4.79 Å². The number of anilines is 1. The molecule has 0 saturated heterocycles. The summed E-state index contributed by atoms with van der Waals surface area (Å²) < 4.78 is 29.3. The van der Waals surface area contributed by atoms with Crippen LogP contribution in [0, 0.1) is 0 Å². The van der Waals surface area contributed by atoms with Gasteiger partial charge in [0.2, 0.25) is 15.9 Å². The first-order valence-corrected chi connectivity index (χ1v) is 9.29. The number of carbonyl (C=O) groups is 1. The van der Waals surface area contributed by atoms with Crippen molar-refractivity contribution in [2.24, 2.45) is 0 Å². The van der Waals surface area contributed by atoms with Gasteiger partial charge in [0.1, 0.15) is 4.90 Å². The third kappa shape index (κ3) is 5.47. The van der Waals surface area contributed by atoms with Crippen molar-refractivity contribution >= 4 is 21.6 Å². The van der Waals surface area contributed by atoms with E-state index in [1.165, 1.54) is 13.0 Å². The van der Waals surface area contributed by atoms with Crippen molar-refractivity contribution < 1.29 is 13.2 Å². The third-order valence-electron chi connectivity index (χ3n) is 3.43. The first kappa shape index (κ1) is 18.2. The van der Waals surface area contributed by atoms with Crippen LogP contribution in [0.3, 0.4) is 0 Å². The molecule has 130 valence electrons. The Kier molecular flexibility index (Phi) is 6.51. The van der Waals surface area contributed by atoms with Gasteiger partial charge in [-0.25, -0.2) is 18.1 Å². The van der Waals surface area contributed by atoms with Gasteiger partial charge in [-0.05, 0) is 25.0 Å². The van der Waals surface area contributed by atoms with Crippen molar-refractivity contribution in [2.75, 3.05) is 11.9 Å². The number of unbranched alkanes of at least 4 members (excludes halogenated alkanes) is 2. The van der Waals surface area contributed by atoms with Gasteiger partial charge in [0.05, 0.1) is 12.0 Å². The van der Waals surface area contributed by atoms with E-state index in [1.54, 1.807) is 30.7 Å². The highest BCUT2D eigenvalue weighted by molar-refractivity contribution is 7.89. The SMILES string of the molecule is CC(=O)Nc1ccccc1S(=O)(=O)NCCCCCn1ccnc1. The van der Waals surface area contributed by atoms with Gasteiger partial charge < -0.3 is 9.88 Å². The Labute approximate surface area is 142 Å². The summed E-state index contributed by atoms with van der Waals surface area (Å²) >= 11 is 0. The molecule has 0 spiro atoms. The van der Waals surface area contributed by atoms with Gasteiger partial charge in [0.15, 0.2) is 0 Å². The molecular weight excluding hydrogens is 328 g/mol. The molecule has 1 aromatic carbocycles. The molecule has 7 nitrogen and oxygen atoms in total. The minimum absolute atomic E-state index is 0.0821. The highest BCUT2D eigenvalue weighted by atomic mass is 32.2. The maximum absolute atomic E-state index is 12.4. The standard InChI is InChI=1S/C16H22N4O3S/c1-14(21)19-15-7-3-4-8-16(15)24(22,23)18-9-5-2-6-11-20-12-10-17-13-20/h3-4,7-8,10,12-13,18H,2,5-6,9,11H2,1H3,(H,19,21). The second-order valence-electron chi connectivity index (χ2n) is 5.44. The van der Waals surface area contributed by atoms with E-state index >= 15 is 0 Å². The molecule has 0 radical (unpaired) electrons. The number of nitrogens with one attached hydrogen (secondary N) is 2. The molecule has 0 unspecified atom stereocenters. The number of imidazole rings is 1. The summed E-state index contributed by atoms with van der Waals surface area (Å²) in [7, 11) is -3.65. The Balaban J connectivity index is 1.82. The lowest BCUT2D eigenvalue weighted by Crippen LogP contribution is -2.26. The van der Waals surface area contributed by atoms with E-state index in [4.69, 9.17) is 0 Å². The van der Waals surface area contributed by atoms with Crippen LogP contribution >= 0.6 is 0 Å². The fraction of sp³-hybridized carbons (Fsp3) is 0.375. The Morgan fingerprint density at radius 2 is 2.00 bits per heavy atom. The molecule has 2 N–H and O–H groups in total. The number of amides is 1. The molecule has 2 rings (SSSR count). The molecule has 0 aliphatic heterocycles. The number of benzene rings is 1. The summed E-state index contributed by atoms with van der Waals surface area (Å²) in [4.78, 5) is 15.2. The van der Waals surface area contributed by atoms with Crippen LogP contribution in [0.4, 0.5) is 5.69 Å². The quantitative estimate of drug-likeness (QED) is 0.676. The maximum atomic E-state index is 12.4. The lowest BCUT2D eigenvalue weighted by molar-refractivity contribution is -0.114. The number of para-hydroxylation sites is 1. The van der Waals surface area contributed by atoms with Crippen LogP contribution < -0.4 is 10.0 Å². The molecule has 0 bridgehead atoms. The lowest BCUT2D eigenvalue weighted by Gasteiger charge is -2.11. The molecule has 0 aliphatic rings. The first-order valence-electron chi connectivity index (χ1n) is 7.81. The van der Waals surface area contributed by atoms with E-state index in [9.17, 15) is 13.2 Å². The average Bonchev–Trinajstić information content (AvgIpc) is 3.04. The van der Waals surface area contributed by atoms with Gasteiger partial charge >= 0.3 is 0 Å². The second kappa shape index (κ2) is 8.60. The number of aromatic nitrogens is 2. The Bertz CT molecular complexity index is 757. The van der Waals surface area contributed by atoms with Crippen molar-refractivity contribution in [2.45, 2.75) is 37.6 Å². The van der Waals surface area contributed by atoms with Crippen molar-refractivity contribution in [1.82, 2.24) is 14.3 Å². The number of carbonyl (C=O) groups excluding carboxylic acids is 1. The monoisotopic (exact) mass is 350 g/mol. The highest BCUT2D eigenvalue weighted by Gasteiger charge is 2.18. The molecule has 0 saturated carbocycles. The molecule has 8 heteroatoms. The van der Waals surface area contributed by atoms with Crippen LogP contribution in [0.25, 0.3) is 0 Å². The van der Waals surface area contributed by atoms with Crippen LogP contribution in [0.1, 0.15) is 26.2 Å². The molecule has 1 amide bonds. The zero-order chi connectivity index (χ0) is 17.4. The summed E-state index contributed by atoms with van der Waals surface area (Å²) in [6, 6.07) is 6.36. The minimum atomic E-state index is -3.65. The fourth-order valence-electron chi connectivity index (χ4n) is 2.29. The van der Waals surface area contributed by atoms with E-state index in [2.05, 4.69) is 15.0 Å². The van der Waals surface area contributed by atoms with Crippen molar-refractivity contribution in [3.05, 3.63) is 43.0 Å². The van der Waals surface area contributed by atoms with E-state index < -0.39 is 10.0 Å². The van der Waals surface area contributed by atoms with Crippen LogP contribution in [-0.2, 0) is 21.4 Å². The van der Waals surface area contributed by atoms with Crippen LogP contribution in [0.5, 0.6) is 0 Å². The van der Waals surface area contributed by atoms with Crippen molar-refractivity contribution in [1.29, 1.82) is 0 Å². The zero-order valence-electron chi connectivity index (χ0n) is 13.6. The largest absolute Gasteiger partial charge is 0.337 e. The van der Waals surface area contributed by atoms with Gasteiger partial charge in [-0.1, -0.05) is 18.6 Å². The predicted octanol–water partition coefficient (Wildman–Crippen LogP) is 1.99. The number of nitrogens with zero attached hydrogens (tertiary/aromatic N) is 2. The van der Waals surface area contributed by atoms with E-state index in [0.717, 1.165) is 25.8 Å². The molecule has 1 heterocycles. The minimum Gasteiger partial charge on any atom is -0.337 e. The Morgan fingerprint density at radius 3 is 2.71 bits per heavy atom. The normalized spacial score (nSPS) is 11.4. The summed E-state index contributed by atoms with van der Waals surface area (Å²) in [5.74, 6) is -0.308. The van der Waals surface area contributed by atoms with E-state index in [1.807, 2.05) is 10.8 Å². The van der Waals surface area contributed by atoms with Crippen LogP contribution in [0.2, 0.25) is 0 Å². The fourth-order valence-corrected chi connectivity index (χ4v) is 3.53. The highest BCUT2D eigenvalue weighted by Crippen LogP contribution is 2.20. The van der Waals surface area contributed by atoms with Crippen LogP contribution in [-0.4, -0.2) is 30.4 Å². The topological polar surface area (TPSA) is 93.1 Å². The summed E-state index contributed by atoms with van der Waals surface area (Å²) in [5.41, 5.74) is 0.289. The Morgan fingerprint density at radius 1 is 1.21 bits per heavy atom. The first-order chi connectivity index (χ1) is 11.5. The molecule has 1 aromatic heterocycles. The maximum Gasteiger partial charge on any atom is 0.242 e. The van der Waals surface area contributed by atoms with Crippen molar-refractivity contribution in [3.8, 4) is 0 Å². The molecule has 0 aliphatic carbocycles. The molecular formula is C16H22N4O3S. The second-order valence-corrected chi connectivity index (χ2v) is 7.17. The van der Waals surface area contributed by atoms with Gasteiger partial charge in [0.25, 0.3) is 0 Å². The number of hydrogen-bond acceptors (Lipinski definition) is 4. The zero-order valence-corrected chi connectivity index (χ0v) is 14.4.